The van der Waals surface area contributed by atoms with Gasteiger partial charge in [-0.3, -0.25) is 83.1 Å². The number of phenolic OH excluding ortho intramolecular Hbond substituents is 2. The van der Waals surface area contributed by atoms with Crippen LogP contribution in [0, 0.1) is 0 Å². The number of amides is 12. The highest BCUT2D eigenvalue weighted by molar-refractivity contribution is 7.81. The molecule has 570 valence electrons. The van der Waals surface area contributed by atoms with Gasteiger partial charge in [-0.25, -0.2) is 5.43 Å². The number of primary amides is 1. The number of nitrogens with two attached hydrogens (primary N) is 2. The lowest BCUT2D eigenvalue weighted by Crippen LogP contribution is -2.61. The number of likely N-dealkylation sites (tertiary alicyclic amines) is 1. The van der Waals surface area contributed by atoms with Crippen LogP contribution in [0.5, 0.6) is 11.5 Å². The molecule has 0 spiro atoms. The Morgan fingerprint density at radius 2 is 1.09 bits per heavy atom. The fraction of sp³-hybridized carbons (Fsp3) is 0.541. The average Bonchev–Trinajstić information content (AvgIpc) is 1.81. The van der Waals surface area contributed by atoms with Crippen molar-refractivity contribution >= 4 is 169 Å². The summed E-state index contributed by atoms with van der Waals surface area (Å²) >= 11 is 25.8. The smallest absolute Gasteiger partial charge is 0.323 e. The number of ketones is 1. The van der Waals surface area contributed by atoms with Crippen LogP contribution in [0.25, 0.3) is 0 Å². The predicted octanol–water partition coefficient (Wildman–Crippen LogP) is -7.21. The largest absolute Gasteiger partial charge is 0.508 e. The van der Waals surface area contributed by atoms with E-state index in [9.17, 15) is 97.5 Å². The maximum Gasteiger partial charge on any atom is 0.323 e. The van der Waals surface area contributed by atoms with Crippen molar-refractivity contribution in [3.63, 3.8) is 0 Å². The first-order valence-electron chi connectivity index (χ1n) is 31.9. The molecule has 1 aliphatic rings. The number of nitrogens with zero attached hydrogens (tertiary/aromatic N) is 1. The molecular formula is C61H89N15O21S6. The number of thiocarbonyl (C=S) groups is 1. The molecule has 1 aliphatic heterocycles. The number of hydrogen-bond acceptors (Lipinski definition) is 29. The number of carboxylic acids is 1. The van der Waals surface area contributed by atoms with E-state index in [2.05, 4.69) is 127 Å². The predicted molar refractivity (Wildman–Crippen MR) is 389 cm³/mol. The second-order valence-electron chi connectivity index (χ2n) is 23.3. The van der Waals surface area contributed by atoms with Gasteiger partial charge in [0.1, 0.15) is 90.1 Å². The van der Waals surface area contributed by atoms with Gasteiger partial charge in [-0.05, 0) is 81.8 Å². The van der Waals surface area contributed by atoms with Gasteiger partial charge in [0, 0.05) is 59.6 Å². The fourth-order valence-electron chi connectivity index (χ4n) is 9.92. The van der Waals surface area contributed by atoms with Crippen LogP contribution >= 0.6 is 75.4 Å². The molecule has 12 amide bonds. The standard InChI is InChI=1S/C61H89N15O21S6/c1-4-97-61(96)37(19-31-9-13-33(79)14-10-31)66-38(22-98)49(84)50(85)39(23-99)70-52(87)34(15-16-47(82)83)67-53(88)35(18-30-7-11-32(78)12-8-30)68-56(91)41(25-101)72-57(92)42(26-102)71-54(89)36(20-45(62)80)69-58(93)44-6-5-17-76(44)60(95)28(2)65-55(90)40(24-100)73-59(94)48(29(3)77)74-46(81)21-64-51(86)43(27-103)75-63/h7-14,23,28-29,34-44,48-49,66,75,77-79,84,98,100-103H,4-6,15-22,24-27,63H2,1-3H3,(H2,62,80)(H,64,86)(H,65,90)(H,67,88)(H,68,91)(H,69,93)(H,70,87)(H,71,89)(H,72,92)(H,73,94)(H,74,81)(H,82,83)/t28?,29-,34?,35+,36?,37?,38+,39+,40+,41?,42+,43+,44+,48+,49?/m1/s1. The first-order valence-corrected chi connectivity index (χ1v) is 35.5. The molecule has 0 aliphatic carbocycles. The van der Waals surface area contributed by atoms with Crippen molar-refractivity contribution in [3.8, 4) is 11.5 Å². The van der Waals surface area contributed by atoms with Crippen LogP contribution < -0.4 is 75.5 Å². The molecule has 0 aromatic heterocycles. The molecule has 6 unspecified atom stereocenters. The Balaban J connectivity index is 1.77. The van der Waals surface area contributed by atoms with Crippen LogP contribution in [0.1, 0.15) is 64.0 Å². The number of rotatable bonds is 45. The first kappa shape index (κ1) is 89.1. The second kappa shape index (κ2) is 45.2. The fourth-order valence-corrected chi connectivity index (χ4v) is 11.5. The number of aliphatic carboxylic acids is 1. The number of Topliss-reactive ketones (excluding diaryl/α,β-unsaturated/α-hetero) is 1. The summed E-state index contributed by atoms with van der Waals surface area (Å²) in [4.78, 5) is 202. The Kier molecular flexibility index (Phi) is 39.1. The van der Waals surface area contributed by atoms with Crippen molar-refractivity contribution in [1.82, 2.24) is 68.8 Å². The number of hydrogen-bond donors (Lipinski definition) is 24. The molecule has 42 heteroatoms. The lowest BCUT2D eigenvalue weighted by atomic mass is 9.99. The normalized spacial score (nSPS) is 16.7. The van der Waals surface area contributed by atoms with Gasteiger partial charge < -0.3 is 94.1 Å². The summed E-state index contributed by atoms with van der Waals surface area (Å²) in [7, 11) is 0. The minimum absolute atomic E-state index is 0.00908. The maximum atomic E-state index is 14.4. The van der Waals surface area contributed by atoms with Gasteiger partial charge in [0.25, 0.3) is 0 Å². The molecule has 2 aromatic carbocycles. The lowest BCUT2D eigenvalue weighted by Gasteiger charge is -2.30. The van der Waals surface area contributed by atoms with Crippen molar-refractivity contribution < 1.29 is 102 Å². The summed E-state index contributed by atoms with van der Waals surface area (Å²) in [6, 6.07) is -8.61. The monoisotopic (exact) mass is 1560 g/mol. The first-order chi connectivity index (χ1) is 48.7. The number of hydrazine groups is 1. The number of thiol groups is 5. The molecule has 3 rings (SSSR count). The summed E-state index contributed by atoms with van der Waals surface area (Å²) in [5.74, 6) is -12.2. The second-order valence-corrected chi connectivity index (χ2v) is 25.4. The number of aromatic hydroxyl groups is 2. The zero-order chi connectivity index (χ0) is 77.4. The maximum absolute atomic E-state index is 14.4. The molecule has 2 aromatic rings. The van der Waals surface area contributed by atoms with Crippen LogP contribution in [-0.4, -0.2) is 264 Å². The number of aliphatic hydroxyl groups excluding tert-OH is 2. The summed E-state index contributed by atoms with van der Waals surface area (Å²) in [5.41, 5.74) is 8.52. The Bertz CT molecular complexity index is 3310. The Labute approximate surface area is 624 Å². The van der Waals surface area contributed by atoms with Gasteiger partial charge in [-0.1, -0.05) is 36.5 Å². The van der Waals surface area contributed by atoms with Crippen molar-refractivity contribution in [2.45, 2.75) is 156 Å². The molecule has 0 bridgehead atoms. The van der Waals surface area contributed by atoms with Crippen LogP contribution in [0.4, 0.5) is 0 Å². The summed E-state index contributed by atoms with van der Waals surface area (Å²) in [5, 5.41) is 78.2. The molecule has 15 atom stereocenters. The zero-order valence-electron chi connectivity index (χ0n) is 56.0. The Morgan fingerprint density at radius 1 is 0.612 bits per heavy atom. The number of carbonyl (C=O) groups is 15. The van der Waals surface area contributed by atoms with Crippen LogP contribution in [0.2, 0.25) is 0 Å². The number of benzene rings is 2. The molecule has 0 saturated carbocycles. The van der Waals surface area contributed by atoms with Gasteiger partial charge in [0.05, 0.1) is 25.7 Å². The number of esters is 1. The van der Waals surface area contributed by atoms with Gasteiger partial charge in [-0.2, -0.15) is 63.1 Å². The third-order valence-corrected chi connectivity index (χ3v) is 17.6. The summed E-state index contributed by atoms with van der Waals surface area (Å²) in [6.45, 7) is 3.28. The van der Waals surface area contributed by atoms with Gasteiger partial charge in [0.15, 0.2) is 5.78 Å². The van der Waals surface area contributed by atoms with Crippen LogP contribution in [0.15, 0.2) is 48.5 Å². The van der Waals surface area contributed by atoms with Crippen molar-refractivity contribution in [2.75, 3.05) is 48.5 Å². The van der Waals surface area contributed by atoms with Gasteiger partial charge in [-0.15, -0.1) is 0 Å². The zero-order valence-corrected chi connectivity index (χ0v) is 61.3. The van der Waals surface area contributed by atoms with Crippen molar-refractivity contribution in [2.24, 2.45) is 11.6 Å². The molecule has 1 saturated heterocycles. The van der Waals surface area contributed by atoms with Crippen LogP contribution in [-0.2, 0) is 89.5 Å². The molecule has 36 nitrogen and oxygen atoms in total. The minimum Gasteiger partial charge on any atom is -0.508 e. The number of nitrogens with one attached hydrogen (secondary N) is 12. The summed E-state index contributed by atoms with van der Waals surface area (Å²) in [6.07, 6.45) is -6.00. The molecule has 0 radical (unpaired) electrons. The highest BCUT2D eigenvalue weighted by atomic mass is 32.1. The molecular weight excluding hydrogens is 1470 g/mol. The van der Waals surface area contributed by atoms with E-state index in [-0.39, 0.29) is 61.2 Å². The molecule has 1 fully saturated rings. The number of ether oxygens (including phenoxy) is 1. The molecule has 21 N–H and O–H groups in total. The topological polar surface area (TPSA) is 566 Å². The summed E-state index contributed by atoms with van der Waals surface area (Å²) < 4.78 is 5.20. The molecule has 103 heavy (non-hydrogen) atoms. The van der Waals surface area contributed by atoms with E-state index < -0.39 is 223 Å². The highest BCUT2D eigenvalue weighted by Gasteiger charge is 2.41. The average molecular weight is 1560 g/mol. The van der Waals surface area contributed by atoms with Crippen molar-refractivity contribution in [3.05, 3.63) is 59.7 Å². The number of aliphatic hydroxyl groups is 2. The Morgan fingerprint density at radius 3 is 1.56 bits per heavy atom. The lowest BCUT2D eigenvalue weighted by molar-refractivity contribution is -0.146. The third kappa shape index (κ3) is 29.2. The SMILES string of the molecule is CCOC(=O)C(Cc1ccc(O)cc1)N[C@@H](CS)C(O)C(=O)[C@H](C=S)NC(=O)C(CCC(=O)O)NC(=O)[C@H](Cc1ccc(O)cc1)NC(=O)C(CS)NC(=O)[C@H](CS)NC(=O)C(CC(N)=O)NC(=O)[C@@H]1CCCN1C(=O)C(C)NC(=O)[C@H](CS)NC(=O)[C@@H](NC(=O)CNC(=O)[C@H](CS)NN)[C@@H](C)O. The van der Waals surface area contributed by atoms with E-state index >= 15 is 0 Å². The number of phenols is 2. The van der Waals surface area contributed by atoms with Gasteiger partial charge >= 0.3 is 11.9 Å². The quantitative estimate of drug-likeness (QED) is 0.00963. The number of carbonyl (C=O) groups excluding carboxylic acids is 14. The van der Waals surface area contributed by atoms with E-state index in [0.29, 0.717) is 11.1 Å². The van der Waals surface area contributed by atoms with E-state index in [1.807, 2.05) is 0 Å². The van der Waals surface area contributed by atoms with Gasteiger partial charge in [0.2, 0.25) is 70.9 Å². The van der Waals surface area contributed by atoms with E-state index in [4.69, 9.17) is 28.5 Å². The highest BCUT2D eigenvalue weighted by Crippen LogP contribution is 2.20. The third-order valence-electron chi connectivity index (χ3n) is 15.5. The Hall–Kier alpha value is -8.07. The minimum atomic E-state index is -2.03. The van der Waals surface area contributed by atoms with Crippen LogP contribution in [0.3, 0.4) is 0 Å². The van der Waals surface area contributed by atoms with Crippen molar-refractivity contribution in [1.29, 1.82) is 0 Å². The van der Waals surface area contributed by atoms with E-state index in [1.165, 1.54) is 62.4 Å². The van der Waals surface area contributed by atoms with E-state index in [1.54, 1.807) is 6.92 Å². The number of carboxylic acid groups (broad SMARTS) is 1. The molecule has 1 heterocycles. The van der Waals surface area contributed by atoms with E-state index in [0.717, 1.165) is 10.3 Å².